The third-order valence-electron chi connectivity index (χ3n) is 3.90. The molecule has 3 aromatic rings. The van der Waals surface area contributed by atoms with Gasteiger partial charge < -0.3 is 4.74 Å². The summed E-state index contributed by atoms with van der Waals surface area (Å²) in [6, 6.07) is 18.8. The van der Waals surface area contributed by atoms with E-state index in [1.54, 1.807) is 7.11 Å². The lowest BCUT2D eigenvalue weighted by atomic mass is 9.93. The van der Waals surface area contributed by atoms with E-state index in [0.717, 1.165) is 16.9 Å². The van der Waals surface area contributed by atoms with Crippen LogP contribution in [0.5, 0.6) is 5.75 Å². The lowest BCUT2D eigenvalue weighted by molar-refractivity contribution is 0.415. The van der Waals surface area contributed by atoms with Crippen LogP contribution in [0.15, 0.2) is 67.8 Å². The Bertz CT molecular complexity index is 833. The minimum absolute atomic E-state index is 0.874. The van der Waals surface area contributed by atoms with Crippen molar-refractivity contribution in [3.05, 3.63) is 78.9 Å². The lowest BCUT2D eigenvalue weighted by Crippen LogP contribution is -1.88. The summed E-state index contributed by atoms with van der Waals surface area (Å²) in [5, 5.41) is 2.35. The maximum Gasteiger partial charge on any atom is 0.119 e. The van der Waals surface area contributed by atoms with Crippen LogP contribution in [0.4, 0.5) is 0 Å². The summed E-state index contributed by atoms with van der Waals surface area (Å²) in [5.74, 6) is 0.874. The van der Waals surface area contributed by atoms with Crippen LogP contribution < -0.4 is 4.74 Å². The van der Waals surface area contributed by atoms with Gasteiger partial charge in [-0.3, -0.25) is 0 Å². The van der Waals surface area contributed by atoms with Gasteiger partial charge in [-0.25, -0.2) is 0 Å². The molecule has 0 unspecified atom stereocenters. The molecule has 3 aromatic carbocycles. The SMILES string of the molecule is COc1ccc2cc(-c3c(C=[13CH2])cccc3C=[13CH2])ccc2c1. The van der Waals surface area contributed by atoms with Gasteiger partial charge in [0.25, 0.3) is 0 Å². The summed E-state index contributed by atoms with van der Waals surface area (Å²) in [6.45, 7) is 7.85. The largest absolute Gasteiger partial charge is 0.497 e. The van der Waals surface area contributed by atoms with E-state index in [4.69, 9.17) is 4.74 Å². The summed E-state index contributed by atoms with van der Waals surface area (Å²) in [4.78, 5) is 0. The molecule has 0 spiro atoms. The first kappa shape index (κ1) is 14.2. The Morgan fingerprint density at radius 3 is 2.09 bits per heavy atom. The maximum atomic E-state index is 5.28. The van der Waals surface area contributed by atoms with Gasteiger partial charge in [0.05, 0.1) is 7.11 Å². The van der Waals surface area contributed by atoms with Crippen molar-refractivity contribution < 1.29 is 4.74 Å². The normalized spacial score (nSPS) is 10.4. The fraction of sp³-hybridized carbons (Fsp3) is 0.0476. The van der Waals surface area contributed by atoms with Crippen LogP contribution in [0.2, 0.25) is 0 Å². The van der Waals surface area contributed by atoms with E-state index in [0.29, 0.717) is 0 Å². The Labute approximate surface area is 131 Å². The third kappa shape index (κ3) is 2.42. The summed E-state index contributed by atoms with van der Waals surface area (Å²) < 4.78 is 5.28. The predicted octanol–water partition coefficient (Wildman–Crippen LogP) is 5.80. The zero-order valence-electron chi connectivity index (χ0n) is 12.7. The van der Waals surface area contributed by atoms with Crippen molar-refractivity contribution in [1.82, 2.24) is 0 Å². The van der Waals surface area contributed by atoms with Crippen molar-refractivity contribution in [1.29, 1.82) is 0 Å². The van der Waals surface area contributed by atoms with Crippen molar-refractivity contribution in [2.45, 2.75) is 0 Å². The minimum atomic E-state index is 0.874. The van der Waals surface area contributed by atoms with E-state index >= 15 is 0 Å². The topological polar surface area (TPSA) is 9.23 Å². The highest BCUT2D eigenvalue weighted by Gasteiger charge is 2.08. The standard InChI is InChI=1S/C21H18O/c1-4-15-7-6-8-16(5-2)21(15)19-10-9-18-14-20(22-3)12-11-17(18)13-19/h4-14H,1-2H2,3H3/i1+1,2+1. The van der Waals surface area contributed by atoms with Crippen molar-refractivity contribution in [2.24, 2.45) is 0 Å². The van der Waals surface area contributed by atoms with Gasteiger partial charge in [0.1, 0.15) is 5.75 Å². The quantitative estimate of drug-likeness (QED) is 0.551. The average Bonchev–Trinajstić information content (AvgIpc) is 2.59. The minimum Gasteiger partial charge on any atom is -0.497 e. The van der Waals surface area contributed by atoms with E-state index in [-0.39, 0.29) is 0 Å². The molecule has 22 heavy (non-hydrogen) atoms. The number of benzene rings is 3. The number of hydrogen-bond acceptors (Lipinski definition) is 1. The molecule has 3 rings (SSSR count). The molecule has 0 radical (unpaired) electrons. The number of ether oxygens (including phenoxy) is 1. The predicted molar refractivity (Wildman–Crippen MR) is 96.1 cm³/mol. The first-order valence-corrected chi connectivity index (χ1v) is 7.23. The van der Waals surface area contributed by atoms with Crippen LogP contribution in [-0.4, -0.2) is 7.11 Å². The second-order valence-electron chi connectivity index (χ2n) is 5.15. The lowest BCUT2D eigenvalue weighted by Gasteiger charge is -2.12. The monoisotopic (exact) mass is 288 g/mol. The van der Waals surface area contributed by atoms with Crippen LogP contribution >= 0.6 is 0 Å². The summed E-state index contributed by atoms with van der Waals surface area (Å²) in [6.07, 6.45) is 3.78. The van der Waals surface area contributed by atoms with Crippen LogP contribution in [-0.2, 0) is 0 Å². The number of rotatable bonds is 4. The fourth-order valence-corrected chi connectivity index (χ4v) is 2.77. The molecule has 1 heteroatoms. The molecule has 0 atom stereocenters. The number of methoxy groups -OCH3 is 1. The third-order valence-corrected chi connectivity index (χ3v) is 3.90. The second kappa shape index (κ2) is 5.90. The Balaban J connectivity index is 2.23. The van der Waals surface area contributed by atoms with Crippen molar-refractivity contribution in [2.75, 3.05) is 7.11 Å². The van der Waals surface area contributed by atoms with Gasteiger partial charge in [0.2, 0.25) is 0 Å². The Kier molecular flexibility index (Phi) is 3.80. The summed E-state index contributed by atoms with van der Waals surface area (Å²) in [7, 11) is 1.69. The first-order valence-electron chi connectivity index (χ1n) is 7.23. The molecule has 0 aromatic heterocycles. The van der Waals surface area contributed by atoms with E-state index in [1.165, 1.54) is 21.9 Å². The van der Waals surface area contributed by atoms with Gasteiger partial charge in [-0.15, -0.1) is 0 Å². The molecule has 0 bridgehead atoms. The van der Waals surface area contributed by atoms with Crippen molar-refractivity contribution >= 4 is 22.9 Å². The molecule has 0 fully saturated rings. The molecular formula is C21H18O. The Morgan fingerprint density at radius 2 is 1.45 bits per heavy atom. The number of hydrogen-bond donors (Lipinski definition) is 0. The summed E-state index contributed by atoms with van der Waals surface area (Å²) in [5.41, 5.74) is 4.57. The summed E-state index contributed by atoms with van der Waals surface area (Å²) >= 11 is 0. The average molecular weight is 288 g/mol. The second-order valence-corrected chi connectivity index (χ2v) is 5.15. The van der Waals surface area contributed by atoms with Crippen LogP contribution in [0.3, 0.4) is 0 Å². The molecule has 0 N–H and O–H groups in total. The van der Waals surface area contributed by atoms with E-state index in [9.17, 15) is 0 Å². The van der Waals surface area contributed by atoms with E-state index < -0.39 is 0 Å². The molecule has 0 amide bonds. The molecule has 0 saturated heterocycles. The van der Waals surface area contributed by atoms with Crippen molar-refractivity contribution in [3.8, 4) is 16.9 Å². The highest BCUT2D eigenvalue weighted by molar-refractivity contribution is 5.91. The van der Waals surface area contributed by atoms with Gasteiger partial charge in [-0.05, 0) is 51.2 Å². The Morgan fingerprint density at radius 1 is 0.818 bits per heavy atom. The fourth-order valence-electron chi connectivity index (χ4n) is 2.77. The van der Waals surface area contributed by atoms with Gasteiger partial charge in [-0.1, -0.05) is 61.7 Å². The molecule has 0 aliphatic heterocycles. The molecule has 0 heterocycles. The van der Waals surface area contributed by atoms with Crippen LogP contribution in [0.1, 0.15) is 11.1 Å². The molecular weight excluding hydrogens is 270 g/mol. The maximum absolute atomic E-state index is 5.28. The van der Waals surface area contributed by atoms with E-state index in [2.05, 4.69) is 49.6 Å². The molecule has 0 saturated carbocycles. The molecule has 1 nitrogen and oxygen atoms in total. The number of fused-ring (bicyclic) bond motifs is 1. The van der Waals surface area contributed by atoms with Gasteiger partial charge in [0.15, 0.2) is 0 Å². The highest BCUT2D eigenvalue weighted by atomic mass is 16.5. The first-order chi connectivity index (χ1) is 10.8. The van der Waals surface area contributed by atoms with Gasteiger partial charge in [-0.2, -0.15) is 0 Å². The smallest absolute Gasteiger partial charge is 0.119 e. The molecule has 0 aliphatic rings. The van der Waals surface area contributed by atoms with Crippen LogP contribution in [0, 0.1) is 0 Å². The van der Waals surface area contributed by atoms with Crippen LogP contribution in [0.25, 0.3) is 34.1 Å². The zero-order chi connectivity index (χ0) is 15.5. The van der Waals surface area contributed by atoms with E-state index in [1.807, 2.05) is 30.4 Å². The highest BCUT2D eigenvalue weighted by Crippen LogP contribution is 2.32. The zero-order valence-corrected chi connectivity index (χ0v) is 12.7. The van der Waals surface area contributed by atoms with Crippen molar-refractivity contribution in [3.63, 3.8) is 0 Å². The van der Waals surface area contributed by atoms with Gasteiger partial charge >= 0.3 is 0 Å². The molecule has 108 valence electrons. The Hall–Kier alpha value is -2.80. The molecule has 0 aliphatic carbocycles. The van der Waals surface area contributed by atoms with Gasteiger partial charge in [0, 0.05) is 0 Å².